The molecule has 1 N–H and O–H groups in total. The molecule has 0 heterocycles. The predicted octanol–water partition coefficient (Wildman–Crippen LogP) is 0.701. The quantitative estimate of drug-likeness (QED) is 0.319. The molecule has 0 spiro atoms. The lowest BCUT2D eigenvalue weighted by Crippen LogP contribution is -2.33. The largest absolute Gasteiger partial charge is 0.468 e. The lowest BCUT2D eigenvalue weighted by atomic mass is 10.2. The van der Waals surface area contributed by atoms with Crippen LogP contribution in [0.15, 0.2) is 0 Å². The molecule has 0 bridgehead atoms. The minimum atomic E-state index is -4.16. The van der Waals surface area contributed by atoms with Gasteiger partial charge in [0, 0.05) is 0 Å². The Morgan fingerprint density at radius 3 is 2.15 bits per heavy atom. The lowest BCUT2D eigenvalue weighted by molar-refractivity contribution is -0.189. The van der Waals surface area contributed by atoms with E-state index in [1.54, 1.807) is 0 Å². The molecule has 0 rings (SSSR count). The van der Waals surface area contributed by atoms with Gasteiger partial charge < -0.3 is 9.63 Å². The van der Waals surface area contributed by atoms with E-state index < -0.39 is 18.7 Å². The normalized spacial score (nSPS) is 16.4. The average molecular weight is 212 g/mol. The van der Waals surface area contributed by atoms with Crippen molar-refractivity contribution in [2.45, 2.75) is 19.0 Å². The molecule has 7 heteroatoms. The summed E-state index contributed by atoms with van der Waals surface area (Å²) in [5.74, 6) is -0.838. The first-order valence-electron chi connectivity index (χ1n) is 3.43. The van der Waals surface area contributed by atoms with Gasteiger partial charge in [-0.05, 0) is 13.8 Å². The number of methoxy groups -OCH3 is 1. The van der Waals surface area contributed by atoms with E-state index in [1.807, 2.05) is 0 Å². The van der Waals surface area contributed by atoms with Crippen LogP contribution in [0.1, 0.15) is 13.8 Å². The number of carbonyl (C=O) groups is 1. The van der Waals surface area contributed by atoms with Gasteiger partial charge in [-0.1, -0.05) is 0 Å². The van der Waals surface area contributed by atoms with Crippen LogP contribution in [-0.4, -0.2) is 30.2 Å². The fraction of sp³-hybridized carbons (Fsp3) is 0.833. The van der Waals surface area contributed by atoms with Crippen molar-refractivity contribution in [3.63, 3.8) is 0 Å². The maximum Gasteiger partial charge on any atom is 0.371 e. The Labute approximate surface area is 76.3 Å². The first-order valence-corrected chi connectivity index (χ1v) is 5.01. The van der Waals surface area contributed by atoms with Gasteiger partial charge in [0.25, 0.3) is 0 Å². The van der Waals surface area contributed by atoms with Crippen molar-refractivity contribution in [1.82, 2.24) is 0 Å². The van der Waals surface area contributed by atoms with Crippen molar-refractivity contribution in [3.05, 3.63) is 0 Å². The molecule has 0 aromatic heterocycles. The summed E-state index contributed by atoms with van der Waals surface area (Å²) in [4.78, 5) is 24.4. The Bertz CT molecular complexity index is 235. The molecule has 1 atom stereocenters. The van der Waals surface area contributed by atoms with Crippen molar-refractivity contribution in [1.29, 1.82) is 0 Å². The highest BCUT2D eigenvalue weighted by Gasteiger charge is 2.49. The summed E-state index contributed by atoms with van der Waals surface area (Å²) in [5, 5.41) is -1.64. The summed E-state index contributed by atoms with van der Waals surface area (Å²) >= 11 is 0. The molecule has 0 aromatic carbocycles. The molecular weight excluding hydrogens is 199 g/mol. The molecule has 0 saturated heterocycles. The van der Waals surface area contributed by atoms with Gasteiger partial charge in [0.15, 0.2) is 5.16 Å². The van der Waals surface area contributed by atoms with Crippen LogP contribution < -0.4 is 0 Å². The zero-order valence-corrected chi connectivity index (χ0v) is 8.83. The third kappa shape index (κ3) is 2.51. The van der Waals surface area contributed by atoms with Gasteiger partial charge in [0.2, 0.25) is 0 Å². The first-order chi connectivity index (χ1) is 5.79. The van der Waals surface area contributed by atoms with Gasteiger partial charge >= 0.3 is 13.6 Å². The summed E-state index contributed by atoms with van der Waals surface area (Å²) in [7, 11) is -1.96. The Morgan fingerprint density at radius 1 is 1.38 bits per heavy atom. The molecule has 0 fully saturated rings. The number of esters is 1. The van der Waals surface area contributed by atoms with E-state index in [9.17, 15) is 14.3 Å². The van der Waals surface area contributed by atoms with E-state index in [4.69, 9.17) is 0 Å². The van der Waals surface area contributed by atoms with E-state index in [1.165, 1.54) is 13.8 Å². The molecule has 0 aliphatic carbocycles. The van der Waals surface area contributed by atoms with Crippen LogP contribution >= 0.6 is 7.60 Å². The van der Waals surface area contributed by atoms with Crippen LogP contribution in [0.2, 0.25) is 0 Å². The molecule has 0 radical (unpaired) electrons. The topological polar surface area (TPSA) is 82.1 Å². The summed E-state index contributed by atoms with van der Waals surface area (Å²) < 4.78 is 19.8. The van der Waals surface area contributed by atoms with Gasteiger partial charge in [0.1, 0.15) is 0 Å². The number of rotatable bonds is 4. The number of hydrogen-bond donors (Lipinski definition) is 1. The minimum absolute atomic E-state index is 0.838. The second kappa shape index (κ2) is 4.19. The van der Waals surface area contributed by atoms with Crippen LogP contribution in [0, 0.1) is 0 Å². The molecule has 6 nitrogen and oxygen atoms in total. The molecule has 0 aromatic rings. The van der Waals surface area contributed by atoms with Crippen molar-refractivity contribution in [3.8, 4) is 0 Å². The molecule has 0 aliphatic heterocycles. The Kier molecular flexibility index (Phi) is 4.06. The molecule has 0 amide bonds. The third-order valence-corrected chi connectivity index (χ3v) is 3.51. The van der Waals surface area contributed by atoms with E-state index in [2.05, 4.69) is 14.3 Å². The summed E-state index contributed by atoms with van der Waals surface area (Å²) in [5.41, 5.74) is 0. The summed E-state index contributed by atoms with van der Waals surface area (Å²) in [6.07, 6.45) is 0. The maximum atomic E-state index is 11.3. The van der Waals surface area contributed by atoms with E-state index >= 15 is 0 Å². The van der Waals surface area contributed by atoms with Gasteiger partial charge in [0.05, 0.1) is 14.2 Å². The molecule has 0 saturated carbocycles. The fourth-order valence-electron chi connectivity index (χ4n) is 0.559. The molecule has 0 aliphatic rings. The highest BCUT2D eigenvalue weighted by molar-refractivity contribution is 7.55. The van der Waals surface area contributed by atoms with Crippen LogP contribution in [0.25, 0.3) is 0 Å². The van der Waals surface area contributed by atoms with Crippen LogP contribution in [0.4, 0.5) is 0 Å². The number of hydrogen-bond acceptors (Lipinski definition) is 5. The monoisotopic (exact) mass is 212 g/mol. The standard InChI is InChI=1S/C6H13O6P/c1-6(2,5(7)10-3)13(8,9)12-11-4/h1-4H3,(H,8,9). The summed E-state index contributed by atoms with van der Waals surface area (Å²) in [6.45, 7) is 2.47. The van der Waals surface area contributed by atoms with Crippen molar-refractivity contribution >= 4 is 13.6 Å². The van der Waals surface area contributed by atoms with E-state index in [0.29, 0.717) is 0 Å². The van der Waals surface area contributed by atoms with Gasteiger partial charge in [-0.3, -0.25) is 9.36 Å². The Hall–Kier alpha value is -0.420. The molecular formula is C6H13O6P. The van der Waals surface area contributed by atoms with Crippen LogP contribution in [-0.2, 0) is 23.7 Å². The van der Waals surface area contributed by atoms with Gasteiger partial charge in [-0.25, -0.2) is 4.89 Å². The molecule has 13 heavy (non-hydrogen) atoms. The summed E-state index contributed by atoms with van der Waals surface area (Å²) in [6, 6.07) is 0. The molecule has 1 unspecified atom stereocenters. The highest BCUT2D eigenvalue weighted by atomic mass is 31.2. The minimum Gasteiger partial charge on any atom is -0.468 e. The smallest absolute Gasteiger partial charge is 0.371 e. The lowest BCUT2D eigenvalue weighted by Gasteiger charge is -2.24. The zero-order valence-electron chi connectivity index (χ0n) is 7.94. The Morgan fingerprint density at radius 2 is 1.85 bits per heavy atom. The predicted molar refractivity (Wildman–Crippen MR) is 44.0 cm³/mol. The highest BCUT2D eigenvalue weighted by Crippen LogP contribution is 2.55. The molecule has 78 valence electrons. The van der Waals surface area contributed by atoms with Gasteiger partial charge in [-0.2, -0.15) is 0 Å². The second-order valence-electron chi connectivity index (χ2n) is 2.81. The maximum absolute atomic E-state index is 11.3. The third-order valence-electron chi connectivity index (χ3n) is 1.57. The second-order valence-corrected chi connectivity index (χ2v) is 5.12. The number of carbonyl (C=O) groups excluding carboxylic acids is 1. The van der Waals surface area contributed by atoms with Crippen molar-refractivity contribution in [2.24, 2.45) is 0 Å². The zero-order chi connectivity index (χ0) is 10.7. The van der Waals surface area contributed by atoms with E-state index in [0.717, 1.165) is 14.2 Å². The SMILES string of the molecule is COOP(=O)(O)C(C)(C)C(=O)OC. The first kappa shape index (κ1) is 12.6. The van der Waals surface area contributed by atoms with Gasteiger partial charge in [-0.15, -0.1) is 4.67 Å². The van der Waals surface area contributed by atoms with Crippen LogP contribution in [0.3, 0.4) is 0 Å². The van der Waals surface area contributed by atoms with Crippen molar-refractivity contribution < 1.29 is 28.6 Å². The number of ether oxygens (including phenoxy) is 1. The van der Waals surface area contributed by atoms with Crippen LogP contribution in [0.5, 0.6) is 0 Å². The van der Waals surface area contributed by atoms with E-state index in [-0.39, 0.29) is 0 Å². The average Bonchev–Trinajstić information content (AvgIpc) is 2.02. The fourth-order valence-corrected chi connectivity index (χ4v) is 1.27. The van der Waals surface area contributed by atoms with Crippen molar-refractivity contribution in [2.75, 3.05) is 14.2 Å². The Balaban J connectivity index is 4.80.